The number of halogens is 3. The van der Waals surface area contributed by atoms with Crippen molar-refractivity contribution < 1.29 is 8.78 Å². The van der Waals surface area contributed by atoms with Crippen LogP contribution in [0.3, 0.4) is 0 Å². The normalized spacial score (nSPS) is 10.3. The second-order valence-electron chi connectivity index (χ2n) is 2.13. The van der Waals surface area contributed by atoms with E-state index in [4.69, 9.17) is 11.6 Å². The molecule has 1 N–H and O–H groups in total. The summed E-state index contributed by atoms with van der Waals surface area (Å²) >= 11 is 5.54. The van der Waals surface area contributed by atoms with Gasteiger partial charge in [-0.1, -0.05) is 11.6 Å². The molecule has 5 heteroatoms. The lowest BCUT2D eigenvalue weighted by Gasteiger charge is -2.03. The van der Waals surface area contributed by atoms with Gasteiger partial charge in [0.15, 0.2) is 0 Å². The van der Waals surface area contributed by atoms with Gasteiger partial charge in [-0.3, -0.25) is 0 Å². The number of pyridine rings is 1. The molecule has 1 aromatic rings. The molecule has 0 spiro atoms. The molecule has 12 heavy (non-hydrogen) atoms. The van der Waals surface area contributed by atoms with Gasteiger partial charge < -0.3 is 5.32 Å². The van der Waals surface area contributed by atoms with Gasteiger partial charge in [-0.25, -0.2) is 13.8 Å². The topological polar surface area (TPSA) is 24.9 Å². The number of alkyl halides is 2. The molecule has 66 valence electrons. The van der Waals surface area contributed by atoms with Crippen LogP contribution in [0.2, 0.25) is 5.02 Å². The third-order valence-electron chi connectivity index (χ3n) is 1.16. The minimum absolute atomic E-state index is 0.394. The highest BCUT2D eigenvalue weighted by molar-refractivity contribution is 6.30. The minimum Gasteiger partial charge on any atom is -0.364 e. The highest BCUT2D eigenvalue weighted by Crippen LogP contribution is 2.09. The maximum Gasteiger partial charge on any atom is 0.255 e. The molecule has 0 amide bonds. The zero-order valence-corrected chi connectivity index (χ0v) is 6.85. The second-order valence-corrected chi connectivity index (χ2v) is 2.57. The summed E-state index contributed by atoms with van der Waals surface area (Å²) in [5.74, 6) is 0.403. The van der Waals surface area contributed by atoms with E-state index in [2.05, 4.69) is 10.3 Å². The zero-order chi connectivity index (χ0) is 8.97. The molecule has 0 aliphatic heterocycles. The number of hydrogen-bond acceptors (Lipinski definition) is 2. The first kappa shape index (κ1) is 9.19. The van der Waals surface area contributed by atoms with Gasteiger partial charge in [0.25, 0.3) is 6.43 Å². The first-order valence-electron chi connectivity index (χ1n) is 3.32. The number of nitrogens with zero attached hydrogens (tertiary/aromatic N) is 1. The van der Waals surface area contributed by atoms with Crippen molar-refractivity contribution in [3.8, 4) is 0 Å². The fraction of sp³-hybridized carbons (Fsp3) is 0.286. The summed E-state index contributed by atoms with van der Waals surface area (Å²) < 4.78 is 23.4. The monoisotopic (exact) mass is 192 g/mol. The molecule has 0 aromatic carbocycles. The van der Waals surface area contributed by atoms with Gasteiger partial charge >= 0.3 is 0 Å². The van der Waals surface area contributed by atoms with Crippen LogP contribution in [0, 0.1) is 0 Å². The van der Waals surface area contributed by atoms with Crippen LogP contribution in [0.4, 0.5) is 14.6 Å². The first-order chi connectivity index (χ1) is 5.68. The number of hydrogen-bond donors (Lipinski definition) is 1. The van der Waals surface area contributed by atoms with Crippen molar-refractivity contribution in [3.63, 3.8) is 0 Å². The Morgan fingerprint density at radius 2 is 2.25 bits per heavy atom. The molecule has 0 aliphatic carbocycles. The number of rotatable bonds is 3. The summed E-state index contributed by atoms with van der Waals surface area (Å²) in [5.41, 5.74) is 0. The molecule has 2 nitrogen and oxygen atoms in total. The molecule has 0 atom stereocenters. The van der Waals surface area contributed by atoms with Crippen LogP contribution in [0.25, 0.3) is 0 Å². The molecule has 0 radical (unpaired) electrons. The Kier molecular flexibility index (Phi) is 3.22. The van der Waals surface area contributed by atoms with Gasteiger partial charge in [-0.05, 0) is 12.1 Å². The molecule has 0 aliphatic rings. The summed E-state index contributed by atoms with van der Waals surface area (Å²) in [6, 6.07) is 3.13. The SMILES string of the molecule is FC(F)CNc1ccc(Cl)cn1. The lowest BCUT2D eigenvalue weighted by atomic mass is 10.4. The average Bonchev–Trinajstić information content (AvgIpc) is 2.03. The molecule has 0 saturated heterocycles. The van der Waals surface area contributed by atoms with E-state index in [1.165, 1.54) is 6.20 Å². The summed E-state index contributed by atoms with van der Waals surface area (Å²) in [5, 5.41) is 2.94. The van der Waals surface area contributed by atoms with Crippen molar-refractivity contribution >= 4 is 17.4 Å². The predicted octanol–water partition coefficient (Wildman–Crippen LogP) is 2.41. The summed E-state index contributed by atoms with van der Waals surface area (Å²) in [6.07, 6.45) is -0.975. The maximum atomic E-state index is 11.7. The van der Waals surface area contributed by atoms with E-state index in [9.17, 15) is 8.78 Å². The lowest BCUT2D eigenvalue weighted by molar-refractivity contribution is 0.163. The highest BCUT2D eigenvalue weighted by Gasteiger charge is 2.01. The first-order valence-corrected chi connectivity index (χ1v) is 3.70. The molecular weight excluding hydrogens is 186 g/mol. The molecule has 0 bridgehead atoms. The Morgan fingerprint density at radius 3 is 2.75 bits per heavy atom. The third-order valence-corrected chi connectivity index (χ3v) is 1.39. The van der Waals surface area contributed by atoms with Crippen molar-refractivity contribution in [1.82, 2.24) is 4.98 Å². The number of nitrogens with one attached hydrogen (secondary N) is 1. The van der Waals surface area contributed by atoms with E-state index in [0.29, 0.717) is 10.8 Å². The zero-order valence-electron chi connectivity index (χ0n) is 6.10. The van der Waals surface area contributed by atoms with Crippen molar-refractivity contribution in [3.05, 3.63) is 23.4 Å². The van der Waals surface area contributed by atoms with E-state index >= 15 is 0 Å². The van der Waals surface area contributed by atoms with Crippen molar-refractivity contribution in [1.29, 1.82) is 0 Å². The second kappa shape index (κ2) is 4.21. The summed E-state index contributed by atoms with van der Waals surface area (Å²) in [4.78, 5) is 3.77. The maximum absolute atomic E-state index is 11.7. The van der Waals surface area contributed by atoms with Gasteiger partial charge in [0.05, 0.1) is 11.6 Å². The molecule has 1 aromatic heterocycles. The van der Waals surface area contributed by atoms with Gasteiger partial charge in [-0.15, -0.1) is 0 Å². The van der Waals surface area contributed by atoms with E-state index in [1.807, 2.05) is 0 Å². The largest absolute Gasteiger partial charge is 0.364 e. The predicted molar refractivity (Wildman–Crippen MR) is 43.7 cm³/mol. The molecular formula is C7H7ClF2N2. The smallest absolute Gasteiger partial charge is 0.255 e. The Labute approximate surface area is 73.6 Å². The quantitative estimate of drug-likeness (QED) is 0.796. The fourth-order valence-electron chi connectivity index (χ4n) is 0.662. The Balaban J connectivity index is 2.48. The van der Waals surface area contributed by atoms with Crippen LogP contribution in [-0.2, 0) is 0 Å². The van der Waals surface area contributed by atoms with Crippen molar-refractivity contribution in [2.75, 3.05) is 11.9 Å². The summed E-state index contributed by atoms with van der Waals surface area (Å²) in [7, 11) is 0. The van der Waals surface area contributed by atoms with Crippen LogP contribution in [0.5, 0.6) is 0 Å². The number of anilines is 1. The Morgan fingerprint density at radius 1 is 1.50 bits per heavy atom. The summed E-state index contributed by atoms with van der Waals surface area (Å²) in [6.45, 7) is -0.394. The average molecular weight is 193 g/mol. The van der Waals surface area contributed by atoms with Crippen LogP contribution < -0.4 is 5.32 Å². The fourth-order valence-corrected chi connectivity index (χ4v) is 0.774. The van der Waals surface area contributed by atoms with E-state index < -0.39 is 13.0 Å². The van der Waals surface area contributed by atoms with Crippen molar-refractivity contribution in [2.45, 2.75) is 6.43 Å². The molecule has 0 saturated carbocycles. The van der Waals surface area contributed by atoms with Gasteiger partial charge in [-0.2, -0.15) is 0 Å². The van der Waals surface area contributed by atoms with Gasteiger partial charge in [0.2, 0.25) is 0 Å². The van der Waals surface area contributed by atoms with Crippen molar-refractivity contribution in [2.24, 2.45) is 0 Å². The standard InChI is InChI=1S/C7H7ClF2N2/c8-5-1-2-7(11-3-5)12-4-6(9)10/h1-3,6H,4H2,(H,11,12). The lowest BCUT2D eigenvalue weighted by Crippen LogP contribution is -2.10. The van der Waals surface area contributed by atoms with E-state index in [-0.39, 0.29) is 0 Å². The molecule has 0 fully saturated rings. The molecule has 1 rings (SSSR count). The molecule has 0 unspecified atom stereocenters. The van der Waals surface area contributed by atoms with Gasteiger partial charge in [0.1, 0.15) is 5.82 Å². The molecule has 1 heterocycles. The van der Waals surface area contributed by atoms with Crippen LogP contribution in [0.1, 0.15) is 0 Å². The van der Waals surface area contributed by atoms with E-state index in [0.717, 1.165) is 0 Å². The van der Waals surface area contributed by atoms with Crippen LogP contribution in [0.15, 0.2) is 18.3 Å². The third kappa shape index (κ3) is 3.00. The number of aromatic nitrogens is 1. The Hall–Kier alpha value is -0.900. The van der Waals surface area contributed by atoms with E-state index in [1.54, 1.807) is 12.1 Å². The minimum atomic E-state index is -2.37. The van der Waals surface area contributed by atoms with Gasteiger partial charge in [0, 0.05) is 6.20 Å². The van der Waals surface area contributed by atoms with Crippen LogP contribution in [-0.4, -0.2) is 18.0 Å². The Bertz CT molecular complexity index is 238. The highest BCUT2D eigenvalue weighted by atomic mass is 35.5. The van der Waals surface area contributed by atoms with Crippen LogP contribution >= 0.6 is 11.6 Å².